The van der Waals surface area contributed by atoms with Crippen LogP contribution in [0.15, 0.2) is 76.4 Å². The maximum absolute atomic E-state index is 12.8. The molecule has 0 aromatic heterocycles. The summed E-state index contributed by atoms with van der Waals surface area (Å²) in [6.45, 7) is 4.42. The number of Topliss-reactive ketones (excluding diaryl/α,β-unsaturated/α-hetero) is 1. The minimum absolute atomic E-state index is 0.0621. The highest BCUT2D eigenvalue weighted by atomic mass is 32.2. The molecule has 0 aliphatic rings. The van der Waals surface area contributed by atoms with Crippen LogP contribution < -0.4 is 5.73 Å². The van der Waals surface area contributed by atoms with E-state index in [1.54, 1.807) is 24.3 Å². The zero-order valence-corrected chi connectivity index (χ0v) is 18.0. The molecule has 0 heterocycles. The molecule has 3 N–H and O–H groups in total. The summed E-state index contributed by atoms with van der Waals surface area (Å²) >= 11 is 1.30. The lowest BCUT2D eigenvalue weighted by Crippen LogP contribution is -2.18. The van der Waals surface area contributed by atoms with Gasteiger partial charge in [0.05, 0.1) is 18.6 Å². The van der Waals surface area contributed by atoms with Crippen molar-refractivity contribution in [2.45, 2.75) is 24.4 Å². The summed E-state index contributed by atoms with van der Waals surface area (Å²) in [5.74, 6) is -1.26. The van der Waals surface area contributed by atoms with Gasteiger partial charge < -0.3 is 15.6 Å². The summed E-state index contributed by atoms with van der Waals surface area (Å²) in [7, 11) is 1.38. The predicted molar refractivity (Wildman–Crippen MR) is 115 cm³/mol. The van der Waals surface area contributed by atoms with E-state index in [0.717, 1.165) is 17.0 Å². The van der Waals surface area contributed by atoms with Crippen molar-refractivity contribution in [1.29, 1.82) is 0 Å². The van der Waals surface area contributed by atoms with Crippen LogP contribution in [0.2, 0.25) is 0 Å². The first-order chi connectivity index (χ1) is 14.5. The first-order valence-electron chi connectivity index (χ1n) is 9.02. The van der Waals surface area contributed by atoms with Crippen molar-refractivity contribution in [2.24, 2.45) is 5.73 Å². The van der Waals surface area contributed by atoms with Crippen molar-refractivity contribution >= 4 is 23.5 Å². The minimum atomic E-state index is -4.57. The normalized spacial score (nSPS) is 13.6. The monoisotopic (exact) mass is 455 g/mol. The Morgan fingerprint density at radius 1 is 1.29 bits per heavy atom. The van der Waals surface area contributed by atoms with E-state index >= 15 is 0 Å². The highest BCUT2D eigenvalue weighted by molar-refractivity contribution is 7.99. The third-order valence-electron chi connectivity index (χ3n) is 4.02. The Bertz CT molecular complexity index is 918. The quantitative estimate of drug-likeness (QED) is 0.291. The van der Waals surface area contributed by atoms with Crippen LogP contribution in [-0.2, 0) is 20.7 Å². The van der Waals surface area contributed by atoms with E-state index < -0.39 is 23.5 Å². The number of alkyl halides is 3. The first-order valence-corrected chi connectivity index (χ1v) is 10.0. The van der Waals surface area contributed by atoms with E-state index in [1.165, 1.54) is 25.8 Å². The van der Waals surface area contributed by atoms with Gasteiger partial charge >= 0.3 is 12.1 Å². The van der Waals surface area contributed by atoms with Crippen LogP contribution in [0.25, 0.3) is 0 Å². The number of carbonyl (C=O) groups is 2. The number of aliphatic carboxylic acids is 1. The van der Waals surface area contributed by atoms with Crippen molar-refractivity contribution in [1.82, 2.24) is 0 Å². The van der Waals surface area contributed by atoms with E-state index in [1.807, 2.05) is 0 Å². The van der Waals surface area contributed by atoms with Crippen molar-refractivity contribution in [3.05, 3.63) is 77.1 Å². The average molecular weight is 455 g/mol. The number of ether oxygens (including phenoxy) is 1. The molecule has 1 rings (SSSR count). The zero-order chi connectivity index (χ0) is 23.6. The Morgan fingerprint density at radius 3 is 2.52 bits per heavy atom. The molecule has 1 aromatic rings. The molecule has 0 unspecified atom stereocenters. The van der Waals surface area contributed by atoms with E-state index in [9.17, 15) is 22.8 Å². The third kappa shape index (κ3) is 8.85. The largest absolute Gasteiger partial charge is 0.481 e. The molecule has 0 bridgehead atoms. The summed E-state index contributed by atoms with van der Waals surface area (Å²) in [5, 5.41) is 8.90. The average Bonchev–Trinajstić information content (AvgIpc) is 2.68. The second-order valence-corrected chi connectivity index (χ2v) is 7.49. The fourth-order valence-corrected chi connectivity index (χ4v) is 3.33. The van der Waals surface area contributed by atoms with Crippen LogP contribution >= 0.6 is 11.8 Å². The summed E-state index contributed by atoms with van der Waals surface area (Å²) < 4.78 is 43.4. The fraction of sp³-hybridized carbons (Fsp3) is 0.273. The van der Waals surface area contributed by atoms with Gasteiger partial charge in [0.25, 0.3) is 0 Å². The van der Waals surface area contributed by atoms with Crippen molar-refractivity contribution in [3.8, 4) is 0 Å². The number of halogens is 3. The lowest BCUT2D eigenvalue weighted by molar-refractivity contribution is -0.136. The van der Waals surface area contributed by atoms with E-state index in [-0.39, 0.29) is 35.6 Å². The maximum Gasteiger partial charge on any atom is 0.416 e. The van der Waals surface area contributed by atoms with Crippen LogP contribution in [0.5, 0.6) is 0 Å². The van der Waals surface area contributed by atoms with Crippen molar-refractivity contribution in [3.63, 3.8) is 0 Å². The van der Waals surface area contributed by atoms with E-state index in [2.05, 4.69) is 6.58 Å². The first kappa shape index (κ1) is 26.3. The Kier molecular flexibility index (Phi) is 10.3. The number of carboxylic acid groups (broad SMARTS) is 1. The number of ketones is 1. The van der Waals surface area contributed by atoms with Gasteiger partial charge in [-0.25, -0.2) is 0 Å². The molecule has 5 nitrogen and oxygen atoms in total. The van der Waals surface area contributed by atoms with E-state index in [0.29, 0.717) is 11.6 Å². The van der Waals surface area contributed by atoms with Gasteiger partial charge in [-0.15, -0.1) is 11.8 Å². The lowest BCUT2D eigenvalue weighted by atomic mass is 10.0. The molecule has 0 aliphatic carbocycles. The number of thioether (sulfide) groups is 1. The highest BCUT2D eigenvalue weighted by Gasteiger charge is 2.30. The molecule has 31 heavy (non-hydrogen) atoms. The second-order valence-electron chi connectivity index (χ2n) is 6.45. The van der Waals surface area contributed by atoms with Gasteiger partial charge in [0, 0.05) is 29.0 Å². The molecule has 0 radical (unpaired) electrons. The number of carboxylic acids is 1. The summed E-state index contributed by atoms with van der Waals surface area (Å²) in [5.41, 5.74) is 6.17. The Hall–Kier alpha value is -2.78. The fourth-order valence-electron chi connectivity index (χ4n) is 2.42. The minimum Gasteiger partial charge on any atom is -0.481 e. The predicted octanol–water partition coefficient (Wildman–Crippen LogP) is 4.46. The standard InChI is InChI=1S/C22H24F3NO4S/c1-4-16(22(23,24)25)9-8-14(2)21(29)18(12-30-3)19(26)13-31-17-7-5-6-15(10-17)11-20(27)28/h4-10H,1,11-13,26H2,2-3H3,(H,27,28)/b14-8+,16-9+,19-18?. The summed E-state index contributed by atoms with van der Waals surface area (Å²) in [4.78, 5) is 24.3. The van der Waals surface area contributed by atoms with Crippen LogP contribution in [0.1, 0.15) is 12.5 Å². The van der Waals surface area contributed by atoms with Crippen LogP contribution in [0.4, 0.5) is 13.2 Å². The summed E-state index contributed by atoms with van der Waals surface area (Å²) in [6, 6.07) is 6.91. The number of nitrogens with two attached hydrogens (primary N) is 1. The van der Waals surface area contributed by atoms with Crippen LogP contribution in [-0.4, -0.2) is 42.5 Å². The third-order valence-corrected chi connectivity index (χ3v) is 5.06. The molecule has 0 atom stereocenters. The topological polar surface area (TPSA) is 89.6 Å². The SMILES string of the molecule is C=C/C(=C\C=C(/C)C(=O)C(COC)=C(N)CSc1cccc(CC(=O)O)c1)C(F)(F)F. The van der Waals surface area contributed by atoms with Gasteiger partial charge in [-0.2, -0.15) is 13.2 Å². The van der Waals surface area contributed by atoms with Gasteiger partial charge in [-0.1, -0.05) is 30.9 Å². The van der Waals surface area contributed by atoms with Gasteiger partial charge in [-0.05, 0) is 36.3 Å². The van der Waals surface area contributed by atoms with Crippen LogP contribution in [0.3, 0.4) is 0 Å². The number of hydrogen-bond acceptors (Lipinski definition) is 5. The molecule has 0 spiro atoms. The molecule has 0 amide bonds. The second kappa shape index (κ2) is 12.2. The Morgan fingerprint density at radius 2 is 1.97 bits per heavy atom. The number of allylic oxidation sites excluding steroid dienone is 5. The number of hydrogen-bond donors (Lipinski definition) is 2. The molecule has 168 valence electrons. The van der Waals surface area contributed by atoms with Gasteiger partial charge in [-0.3, -0.25) is 9.59 Å². The molecule has 0 saturated carbocycles. The van der Waals surface area contributed by atoms with E-state index in [4.69, 9.17) is 15.6 Å². The molecular formula is C22H24F3NO4S. The molecule has 9 heteroatoms. The molecule has 1 aromatic carbocycles. The molecule has 0 saturated heterocycles. The van der Waals surface area contributed by atoms with Crippen LogP contribution in [0, 0.1) is 0 Å². The number of rotatable bonds is 11. The number of carbonyl (C=O) groups excluding carboxylic acids is 1. The summed E-state index contributed by atoms with van der Waals surface area (Å²) in [6.07, 6.45) is -2.17. The maximum atomic E-state index is 12.8. The van der Waals surface area contributed by atoms with Gasteiger partial charge in [0.2, 0.25) is 0 Å². The number of benzene rings is 1. The molecular weight excluding hydrogens is 431 g/mol. The molecule has 0 fully saturated rings. The zero-order valence-electron chi connectivity index (χ0n) is 17.2. The smallest absolute Gasteiger partial charge is 0.416 e. The van der Waals surface area contributed by atoms with Gasteiger partial charge in [0.1, 0.15) is 0 Å². The lowest BCUT2D eigenvalue weighted by Gasteiger charge is -2.12. The van der Waals surface area contributed by atoms with Crippen molar-refractivity contribution < 1.29 is 32.6 Å². The highest BCUT2D eigenvalue weighted by Crippen LogP contribution is 2.27. The molecule has 0 aliphatic heterocycles. The van der Waals surface area contributed by atoms with Gasteiger partial charge in [0.15, 0.2) is 5.78 Å². The van der Waals surface area contributed by atoms with Crippen molar-refractivity contribution in [2.75, 3.05) is 19.5 Å². The Labute approximate surface area is 183 Å². The Balaban J connectivity index is 3.05. The number of methoxy groups -OCH3 is 1.